The number of likely N-dealkylation sites (N-methyl/N-ethyl adjacent to an activating group) is 1. The van der Waals surface area contributed by atoms with Crippen molar-refractivity contribution >= 4 is 11.8 Å². The Kier molecular flexibility index (Phi) is 5.94. The number of thioether (sulfide) groups is 1. The molecule has 0 aliphatic heterocycles. The van der Waals surface area contributed by atoms with E-state index in [1.807, 2.05) is 18.8 Å². The highest BCUT2D eigenvalue weighted by Gasteiger charge is 2.24. The van der Waals surface area contributed by atoms with Crippen LogP contribution in [0.5, 0.6) is 0 Å². The van der Waals surface area contributed by atoms with Crippen LogP contribution in [0, 0.1) is 0 Å². The number of aliphatic hydroxyl groups excluding tert-OH is 1. The lowest BCUT2D eigenvalue weighted by Gasteiger charge is -2.30. The molecule has 1 aromatic carbocycles. The van der Waals surface area contributed by atoms with Crippen LogP contribution in [0.3, 0.4) is 0 Å². The predicted molar refractivity (Wildman–Crippen MR) is 87.6 cm³/mol. The topological polar surface area (TPSA) is 32.3 Å². The van der Waals surface area contributed by atoms with Crippen LogP contribution in [0.2, 0.25) is 0 Å². The van der Waals surface area contributed by atoms with Crippen LogP contribution in [-0.4, -0.2) is 30.1 Å². The first-order valence-electron chi connectivity index (χ1n) is 7.77. The van der Waals surface area contributed by atoms with Crippen molar-refractivity contribution in [3.63, 3.8) is 0 Å². The van der Waals surface area contributed by atoms with Crippen LogP contribution in [0.25, 0.3) is 0 Å². The van der Waals surface area contributed by atoms with Crippen LogP contribution in [-0.2, 0) is 12.8 Å². The second kappa shape index (κ2) is 7.48. The molecule has 1 aromatic rings. The Morgan fingerprint density at radius 1 is 1.30 bits per heavy atom. The van der Waals surface area contributed by atoms with E-state index in [9.17, 15) is 5.11 Å². The Hall–Kier alpha value is -0.510. The molecule has 0 bridgehead atoms. The normalized spacial score (nSPS) is 16.9. The third-order valence-corrected chi connectivity index (χ3v) is 5.73. The number of nitrogens with one attached hydrogen (secondary N) is 1. The summed E-state index contributed by atoms with van der Waals surface area (Å²) in [5.41, 5.74) is 3.02. The maximum atomic E-state index is 9.53. The molecule has 1 aliphatic carbocycles. The molecule has 0 amide bonds. The maximum absolute atomic E-state index is 9.53. The molecule has 0 radical (unpaired) electrons. The van der Waals surface area contributed by atoms with Crippen LogP contribution in [0.15, 0.2) is 23.1 Å². The van der Waals surface area contributed by atoms with Crippen LogP contribution >= 0.6 is 11.8 Å². The van der Waals surface area contributed by atoms with E-state index in [0.717, 1.165) is 25.0 Å². The molecule has 0 saturated heterocycles. The van der Waals surface area contributed by atoms with Gasteiger partial charge in [-0.1, -0.05) is 13.0 Å². The summed E-state index contributed by atoms with van der Waals surface area (Å²) in [6, 6.07) is 6.96. The van der Waals surface area contributed by atoms with Gasteiger partial charge in [-0.05, 0) is 74.6 Å². The highest BCUT2D eigenvalue weighted by Crippen LogP contribution is 2.28. The van der Waals surface area contributed by atoms with Gasteiger partial charge < -0.3 is 10.4 Å². The molecule has 1 aliphatic rings. The zero-order valence-corrected chi connectivity index (χ0v) is 13.6. The van der Waals surface area contributed by atoms with Crippen molar-refractivity contribution in [2.45, 2.75) is 55.9 Å². The molecular weight excluding hydrogens is 266 g/mol. The van der Waals surface area contributed by atoms with E-state index in [1.54, 1.807) is 11.1 Å². The molecule has 0 aromatic heterocycles. The van der Waals surface area contributed by atoms with Crippen molar-refractivity contribution < 1.29 is 5.11 Å². The number of benzene rings is 1. The smallest absolute Gasteiger partial charge is 0.0613 e. The van der Waals surface area contributed by atoms with Gasteiger partial charge in [-0.15, -0.1) is 11.8 Å². The average molecular weight is 293 g/mol. The van der Waals surface area contributed by atoms with E-state index in [1.165, 1.54) is 24.2 Å². The highest BCUT2D eigenvalue weighted by molar-refractivity contribution is 7.99. The minimum absolute atomic E-state index is 0.0848. The van der Waals surface area contributed by atoms with Gasteiger partial charge in [0, 0.05) is 10.4 Å². The van der Waals surface area contributed by atoms with Crippen molar-refractivity contribution in [3.05, 3.63) is 29.3 Å². The van der Waals surface area contributed by atoms with Crippen molar-refractivity contribution in [2.24, 2.45) is 0 Å². The van der Waals surface area contributed by atoms with E-state index in [4.69, 9.17) is 0 Å². The average Bonchev–Trinajstić information content (AvgIpc) is 2.96. The number of hydrogen-bond donors (Lipinski definition) is 2. The minimum atomic E-state index is -0.0848. The Morgan fingerprint density at radius 3 is 2.80 bits per heavy atom. The number of hydrogen-bond acceptors (Lipinski definition) is 3. The molecule has 2 nitrogen and oxygen atoms in total. The van der Waals surface area contributed by atoms with Gasteiger partial charge in [0.15, 0.2) is 0 Å². The predicted octanol–water partition coefficient (Wildman–Crippen LogP) is 3.41. The first-order valence-corrected chi connectivity index (χ1v) is 8.76. The van der Waals surface area contributed by atoms with E-state index >= 15 is 0 Å². The Bertz CT molecular complexity index is 421. The highest BCUT2D eigenvalue weighted by atomic mass is 32.2. The van der Waals surface area contributed by atoms with E-state index in [-0.39, 0.29) is 12.1 Å². The van der Waals surface area contributed by atoms with Crippen molar-refractivity contribution in [1.29, 1.82) is 0 Å². The molecule has 3 heteroatoms. The van der Waals surface area contributed by atoms with E-state index in [2.05, 4.69) is 30.4 Å². The lowest BCUT2D eigenvalue weighted by atomic mass is 9.92. The molecule has 0 spiro atoms. The van der Waals surface area contributed by atoms with Gasteiger partial charge in [0.1, 0.15) is 0 Å². The largest absolute Gasteiger partial charge is 0.394 e. The first-order chi connectivity index (χ1) is 9.73. The minimum Gasteiger partial charge on any atom is -0.394 e. The summed E-state index contributed by atoms with van der Waals surface area (Å²) in [6.07, 6.45) is 6.99. The van der Waals surface area contributed by atoms with Gasteiger partial charge in [-0.2, -0.15) is 0 Å². The van der Waals surface area contributed by atoms with Crippen LogP contribution < -0.4 is 5.32 Å². The van der Waals surface area contributed by atoms with E-state index in [0.29, 0.717) is 0 Å². The van der Waals surface area contributed by atoms with Gasteiger partial charge in [0.2, 0.25) is 0 Å². The van der Waals surface area contributed by atoms with Crippen molar-refractivity contribution in [1.82, 2.24) is 5.32 Å². The fraction of sp³-hybridized carbons (Fsp3) is 0.647. The lowest BCUT2D eigenvalue weighted by molar-refractivity contribution is 0.154. The van der Waals surface area contributed by atoms with Gasteiger partial charge in [0.25, 0.3) is 0 Å². The van der Waals surface area contributed by atoms with Gasteiger partial charge in [-0.25, -0.2) is 0 Å². The third-order valence-electron chi connectivity index (χ3n) is 4.65. The second-order valence-electron chi connectivity index (χ2n) is 5.78. The zero-order chi connectivity index (χ0) is 14.4. The molecule has 2 rings (SSSR count). The number of fused-ring (bicyclic) bond motifs is 1. The molecule has 20 heavy (non-hydrogen) atoms. The number of aliphatic hydroxyl groups is 1. The van der Waals surface area contributed by atoms with Crippen LogP contribution in [0.4, 0.5) is 0 Å². The first kappa shape index (κ1) is 15.9. The third kappa shape index (κ3) is 3.78. The molecule has 0 fully saturated rings. The quantitative estimate of drug-likeness (QED) is 0.569. The summed E-state index contributed by atoms with van der Waals surface area (Å²) in [4.78, 5) is 1.40. The Balaban J connectivity index is 1.78. The Labute approximate surface area is 127 Å². The summed E-state index contributed by atoms with van der Waals surface area (Å²) < 4.78 is 0. The molecule has 2 N–H and O–H groups in total. The summed E-state index contributed by atoms with van der Waals surface area (Å²) in [6.45, 7) is 2.36. The van der Waals surface area contributed by atoms with Gasteiger partial charge in [0.05, 0.1) is 6.61 Å². The summed E-state index contributed by atoms with van der Waals surface area (Å²) in [7, 11) is 1.95. The fourth-order valence-electron chi connectivity index (χ4n) is 2.99. The molecule has 1 atom stereocenters. The van der Waals surface area contributed by atoms with Gasteiger partial charge >= 0.3 is 0 Å². The fourth-order valence-corrected chi connectivity index (χ4v) is 3.90. The Morgan fingerprint density at radius 2 is 2.10 bits per heavy atom. The summed E-state index contributed by atoms with van der Waals surface area (Å²) >= 11 is 1.95. The molecular formula is C17H27NOS. The number of rotatable bonds is 8. The van der Waals surface area contributed by atoms with E-state index < -0.39 is 0 Å². The van der Waals surface area contributed by atoms with Crippen molar-refractivity contribution in [2.75, 3.05) is 19.4 Å². The monoisotopic (exact) mass is 293 g/mol. The molecule has 112 valence electrons. The maximum Gasteiger partial charge on any atom is 0.0613 e. The zero-order valence-electron chi connectivity index (χ0n) is 12.7. The molecule has 0 saturated carbocycles. The molecule has 1 unspecified atom stereocenters. The lowest BCUT2D eigenvalue weighted by Crippen LogP contribution is -2.45. The van der Waals surface area contributed by atoms with Crippen molar-refractivity contribution in [3.8, 4) is 0 Å². The SMILES string of the molecule is CCC(CO)(CCCSc1ccc2c(c1)CCC2)NC. The summed E-state index contributed by atoms with van der Waals surface area (Å²) in [5, 5.41) is 12.8. The van der Waals surface area contributed by atoms with Gasteiger partial charge in [-0.3, -0.25) is 0 Å². The number of aryl methyl sites for hydroxylation is 2. The molecule has 0 heterocycles. The van der Waals surface area contributed by atoms with Crippen LogP contribution in [0.1, 0.15) is 43.7 Å². The summed E-state index contributed by atoms with van der Waals surface area (Å²) in [5.74, 6) is 1.13. The second-order valence-corrected chi connectivity index (χ2v) is 6.95. The standard InChI is InChI=1S/C17H27NOS/c1-3-17(13-19,18-2)10-5-11-20-16-9-8-14-6-4-7-15(14)12-16/h8-9,12,18-19H,3-7,10-11,13H2,1-2H3.